The van der Waals surface area contributed by atoms with Crippen molar-refractivity contribution in [2.24, 2.45) is 5.73 Å². The molecule has 0 unspecified atom stereocenters. The highest BCUT2D eigenvalue weighted by molar-refractivity contribution is 5.97. The lowest BCUT2D eigenvalue weighted by molar-refractivity contribution is 0.0996. The standard InChI is InChI=1S/C10H11F2NO/c1-2-6-3-7(9(14)5-13)10(12)8(11)4-6/h3-4H,2,5,13H2,1H3. The highest BCUT2D eigenvalue weighted by Gasteiger charge is 2.15. The zero-order valence-corrected chi connectivity index (χ0v) is 7.81. The van der Waals surface area contributed by atoms with Crippen LogP contribution in [0.25, 0.3) is 0 Å². The number of hydrogen-bond donors (Lipinski definition) is 1. The van der Waals surface area contributed by atoms with Crippen molar-refractivity contribution in [3.05, 3.63) is 34.9 Å². The van der Waals surface area contributed by atoms with E-state index in [1.807, 2.05) is 0 Å². The molecule has 0 aliphatic rings. The number of aryl methyl sites for hydroxylation is 1. The average Bonchev–Trinajstić information content (AvgIpc) is 2.20. The van der Waals surface area contributed by atoms with E-state index in [4.69, 9.17) is 5.73 Å². The van der Waals surface area contributed by atoms with E-state index < -0.39 is 17.4 Å². The van der Waals surface area contributed by atoms with E-state index in [0.717, 1.165) is 6.07 Å². The molecule has 0 radical (unpaired) electrons. The molecule has 0 aliphatic heterocycles. The summed E-state index contributed by atoms with van der Waals surface area (Å²) in [7, 11) is 0. The zero-order valence-electron chi connectivity index (χ0n) is 7.81. The lowest BCUT2D eigenvalue weighted by atomic mass is 10.0. The molecule has 0 saturated carbocycles. The number of Topliss-reactive ketones (excluding diaryl/α,β-unsaturated/α-hetero) is 1. The third-order valence-electron chi connectivity index (χ3n) is 1.98. The first-order valence-corrected chi connectivity index (χ1v) is 4.31. The first kappa shape index (κ1) is 10.8. The fourth-order valence-electron chi connectivity index (χ4n) is 1.16. The van der Waals surface area contributed by atoms with E-state index >= 15 is 0 Å². The number of carbonyl (C=O) groups excluding carboxylic acids is 1. The van der Waals surface area contributed by atoms with Crippen molar-refractivity contribution < 1.29 is 13.6 Å². The molecule has 2 nitrogen and oxygen atoms in total. The van der Waals surface area contributed by atoms with Gasteiger partial charge in [0.2, 0.25) is 0 Å². The number of hydrogen-bond acceptors (Lipinski definition) is 2. The van der Waals surface area contributed by atoms with Gasteiger partial charge in [-0.15, -0.1) is 0 Å². The Hall–Kier alpha value is -1.29. The summed E-state index contributed by atoms with van der Waals surface area (Å²) in [4.78, 5) is 11.1. The number of halogens is 2. The van der Waals surface area contributed by atoms with Crippen LogP contribution in [0, 0.1) is 11.6 Å². The summed E-state index contributed by atoms with van der Waals surface area (Å²) < 4.78 is 26.1. The molecule has 0 amide bonds. The molecule has 0 saturated heterocycles. The maximum Gasteiger partial charge on any atom is 0.179 e. The quantitative estimate of drug-likeness (QED) is 0.752. The van der Waals surface area contributed by atoms with Gasteiger partial charge < -0.3 is 5.73 Å². The van der Waals surface area contributed by atoms with Crippen LogP contribution in [-0.4, -0.2) is 12.3 Å². The van der Waals surface area contributed by atoms with Gasteiger partial charge >= 0.3 is 0 Å². The van der Waals surface area contributed by atoms with Crippen LogP contribution in [0.5, 0.6) is 0 Å². The van der Waals surface area contributed by atoms with Gasteiger partial charge in [0.05, 0.1) is 12.1 Å². The third kappa shape index (κ3) is 1.96. The zero-order chi connectivity index (χ0) is 10.7. The molecule has 0 atom stereocenters. The molecule has 1 rings (SSSR count). The van der Waals surface area contributed by atoms with Gasteiger partial charge in [-0.05, 0) is 24.1 Å². The number of ketones is 1. The normalized spacial score (nSPS) is 10.3. The van der Waals surface area contributed by atoms with Gasteiger partial charge in [0, 0.05) is 0 Å². The Morgan fingerprint density at radius 1 is 1.43 bits per heavy atom. The predicted octanol–water partition coefficient (Wildman–Crippen LogP) is 1.67. The van der Waals surface area contributed by atoms with Crippen molar-refractivity contribution in [3.63, 3.8) is 0 Å². The number of nitrogens with two attached hydrogens (primary N) is 1. The van der Waals surface area contributed by atoms with Crippen LogP contribution in [0.4, 0.5) is 8.78 Å². The molecule has 0 spiro atoms. The lowest BCUT2D eigenvalue weighted by Gasteiger charge is -2.04. The van der Waals surface area contributed by atoms with E-state index in [-0.39, 0.29) is 12.1 Å². The minimum absolute atomic E-state index is 0.260. The second-order valence-electron chi connectivity index (χ2n) is 2.92. The van der Waals surface area contributed by atoms with Crippen LogP contribution < -0.4 is 5.73 Å². The van der Waals surface area contributed by atoms with E-state index in [1.165, 1.54) is 6.07 Å². The molecule has 0 heterocycles. The van der Waals surface area contributed by atoms with Crippen LogP contribution in [0.1, 0.15) is 22.8 Å². The summed E-state index contributed by atoms with van der Waals surface area (Å²) in [5, 5.41) is 0. The molecule has 0 bridgehead atoms. The largest absolute Gasteiger partial charge is 0.324 e. The number of benzene rings is 1. The van der Waals surface area contributed by atoms with Gasteiger partial charge in [0.15, 0.2) is 17.4 Å². The summed E-state index contributed by atoms with van der Waals surface area (Å²) in [6.07, 6.45) is 0.544. The fourth-order valence-corrected chi connectivity index (χ4v) is 1.16. The topological polar surface area (TPSA) is 43.1 Å². The van der Waals surface area contributed by atoms with Crippen LogP contribution in [0.15, 0.2) is 12.1 Å². The van der Waals surface area contributed by atoms with E-state index in [1.54, 1.807) is 6.92 Å². The second kappa shape index (κ2) is 4.28. The summed E-state index contributed by atoms with van der Waals surface area (Å²) in [5.74, 6) is -2.70. The van der Waals surface area contributed by atoms with Crippen molar-refractivity contribution in [2.75, 3.05) is 6.54 Å². The first-order chi connectivity index (χ1) is 6.60. The molecule has 2 N–H and O–H groups in total. The van der Waals surface area contributed by atoms with Crippen LogP contribution in [-0.2, 0) is 6.42 Å². The van der Waals surface area contributed by atoms with Crippen molar-refractivity contribution in [1.29, 1.82) is 0 Å². The van der Waals surface area contributed by atoms with Gasteiger partial charge in [-0.2, -0.15) is 0 Å². The van der Waals surface area contributed by atoms with Gasteiger partial charge in [0.1, 0.15) is 0 Å². The summed E-state index contributed by atoms with van der Waals surface area (Å²) >= 11 is 0. The van der Waals surface area contributed by atoms with E-state index in [2.05, 4.69) is 0 Å². The molecule has 0 aromatic heterocycles. The molecule has 0 aliphatic carbocycles. The molecular weight excluding hydrogens is 188 g/mol. The van der Waals surface area contributed by atoms with Crippen molar-refractivity contribution in [1.82, 2.24) is 0 Å². The molecule has 1 aromatic carbocycles. The van der Waals surface area contributed by atoms with Crippen molar-refractivity contribution in [2.45, 2.75) is 13.3 Å². The van der Waals surface area contributed by atoms with E-state index in [0.29, 0.717) is 12.0 Å². The molecule has 0 fully saturated rings. The van der Waals surface area contributed by atoms with Crippen LogP contribution in [0.3, 0.4) is 0 Å². The van der Waals surface area contributed by atoms with Gasteiger partial charge in [0.25, 0.3) is 0 Å². The molecule has 4 heteroatoms. The predicted molar refractivity (Wildman–Crippen MR) is 49.1 cm³/mol. The first-order valence-electron chi connectivity index (χ1n) is 4.31. The number of carbonyl (C=O) groups is 1. The van der Waals surface area contributed by atoms with Crippen LogP contribution >= 0.6 is 0 Å². The minimum Gasteiger partial charge on any atom is -0.324 e. The average molecular weight is 199 g/mol. The Kier molecular flexibility index (Phi) is 3.30. The Labute approximate surface area is 80.7 Å². The number of rotatable bonds is 3. The molecular formula is C10H11F2NO. The van der Waals surface area contributed by atoms with Gasteiger partial charge in [-0.25, -0.2) is 8.78 Å². The van der Waals surface area contributed by atoms with Crippen LogP contribution in [0.2, 0.25) is 0 Å². The Morgan fingerprint density at radius 3 is 2.57 bits per heavy atom. The third-order valence-corrected chi connectivity index (χ3v) is 1.98. The highest BCUT2D eigenvalue weighted by Crippen LogP contribution is 2.15. The smallest absolute Gasteiger partial charge is 0.179 e. The molecule has 1 aromatic rings. The van der Waals surface area contributed by atoms with Gasteiger partial charge in [-0.3, -0.25) is 4.79 Å². The minimum atomic E-state index is -1.11. The molecule has 76 valence electrons. The fraction of sp³-hybridized carbons (Fsp3) is 0.300. The summed E-state index contributed by atoms with van der Waals surface area (Å²) in [6.45, 7) is 1.48. The SMILES string of the molecule is CCc1cc(F)c(F)c(C(=O)CN)c1. The lowest BCUT2D eigenvalue weighted by Crippen LogP contribution is -2.16. The van der Waals surface area contributed by atoms with Gasteiger partial charge in [-0.1, -0.05) is 6.92 Å². The highest BCUT2D eigenvalue weighted by atomic mass is 19.2. The monoisotopic (exact) mass is 199 g/mol. The van der Waals surface area contributed by atoms with E-state index in [9.17, 15) is 13.6 Å². The summed E-state index contributed by atoms with van der Waals surface area (Å²) in [5.41, 5.74) is 5.40. The maximum atomic E-state index is 13.1. The second-order valence-corrected chi connectivity index (χ2v) is 2.92. The maximum absolute atomic E-state index is 13.1. The Morgan fingerprint density at radius 2 is 2.07 bits per heavy atom. The van der Waals surface area contributed by atoms with Crippen molar-refractivity contribution in [3.8, 4) is 0 Å². The Balaban J connectivity index is 3.27. The molecule has 14 heavy (non-hydrogen) atoms. The van der Waals surface area contributed by atoms with Crippen molar-refractivity contribution >= 4 is 5.78 Å². The summed E-state index contributed by atoms with van der Waals surface area (Å²) in [6, 6.07) is 2.43. The Bertz CT molecular complexity index is 363.